The van der Waals surface area contributed by atoms with Gasteiger partial charge < -0.3 is 9.55 Å². The number of pyridine rings is 1. The van der Waals surface area contributed by atoms with Gasteiger partial charge in [0.1, 0.15) is 5.69 Å². The van der Waals surface area contributed by atoms with Crippen molar-refractivity contribution in [2.24, 2.45) is 0 Å². The van der Waals surface area contributed by atoms with Gasteiger partial charge in [0.2, 0.25) is 0 Å². The number of aromatic nitrogens is 5. The molecule has 0 aliphatic rings. The molecule has 4 aromatic rings. The molecule has 4 rings (SSSR count). The van der Waals surface area contributed by atoms with Gasteiger partial charge in [-0.1, -0.05) is 17.7 Å². The summed E-state index contributed by atoms with van der Waals surface area (Å²) in [5, 5.41) is 1.65. The summed E-state index contributed by atoms with van der Waals surface area (Å²) in [4.78, 5) is 27.1. The van der Waals surface area contributed by atoms with Gasteiger partial charge in [-0.2, -0.15) is 0 Å². The van der Waals surface area contributed by atoms with E-state index in [2.05, 4.69) is 19.9 Å². The Labute approximate surface area is 141 Å². The van der Waals surface area contributed by atoms with Crippen LogP contribution in [0.5, 0.6) is 0 Å². The van der Waals surface area contributed by atoms with Crippen molar-refractivity contribution in [3.05, 3.63) is 76.2 Å². The van der Waals surface area contributed by atoms with Crippen LogP contribution in [0.4, 0.5) is 0 Å². The Morgan fingerprint density at radius 2 is 2.04 bits per heavy atom. The molecule has 3 aromatic heterocycles. The Bertz CT molecular complexity index is 1090. The summed E-state index contributed by atoms with van der Waals surface area (Å²) in [7, 11) is 0. The first-order chi connectivity index (χ1) is 11.7. The Kier molecular flexibility index (Phi) is 3.59. The molecule has 0 amide bonds. The lowest BCUT2D eigenvalue weighted by molar-refractivity contribution is 0.772. The molecule has 7 heteroatoms. The molecule has 0 aliphatic carbocycles. The fourth-order valence-electron chi connectivity index (χ4n) is 2.56. The number of nitrogens with zero attached hydrogens (tertiary/aromatic N) is 4. The second-order valence-electron chi connectivity index (χ2n) is 5.31. The van der Waals surface area contributed by atoms with Crippen LogP contribution < -0.4 is 5.56 Å². The van der Waals surface area contributed by atoms with Crippen molar-refractivity contribution in [3.63, 3.8) is 0 Å². The number of benzene rings is 1. The SMILES string of the molecule is O=c1cc(Cn2ccnc2-c2ccc3cc(Cl)ccc3n2)nc[nH]1. The van der Waals surface area contributed by atoms with Crippen molar-refractivity contribution in [2.75, 3.05) is 0 Å². The standard InChI is InChI=1S/C17H12ClN5O/c18-12-2-4-14-11(7-12)1-3-15(22-14)17-19-5-6-23(17)9-13-8-16(24)21-10-20-13/h1-8,10H,9H2,(H,20,21,24). The van der Waals surface area contributed by atoms with E-state index in [1.54, 1.807) is 6.20 Å². The van der Waals surface area contributed by atoms with E-state index < -0.39 is 0 Å². The Balaban J connectivity index is 1.74. The Morgan fingerprint density at radius 3 is 2.92 bits per heavy atom. The summed E-state index contributed by atoms with van der Waals surface area (Å²) in [6.07, 6.45) is 4.94. The Hall–Kier alpha value is -2.99. The molecular formula is C17H12ClN5O. The van der Waals surface area contributed by atoms with E-state index in [4.69, 9.17) is 11.6 Å². The Morgan fingerprint density at radius 1 is 1.12 bits per heavy atom. The molecule has 0 bridgehead atoms. The fraction of sp³-hybridized carbons (Fsp3) is 0.0588. The van der Waals surface area contributed by atoms with E-state index in [1.807, 2.05) is 41.1 Å². The molecular weight excluding hydrogens is 326 g/mol. The maximum atomic E-state index is 11.4. The zero-order chi connectivity index (χ0) is 16.5. The van der Waals surface area contributed by atoms with Gasteiger partial charge in [-0.3, -0.25) is 4.79 Å². The molecule has 0 aliphatic heterocycles. The monoisotopic (exact) mass is 337 g/mol. The van der Waals surface area contributed by atoms with Crippen LogP contribution in [0.2, 0.25) is 5.02 Å². The van der Waals surface area contributed by atoms with Crippen LogP contribution in [-0.2, 0) is 6.54 Å². The van der Waals surface area contributed by atoms with Crippen LogP contribution in [0.3, 0.4) is 0 Å². The van der Waals surface area contributed by atoms with Gasteiger partial charge >= 0.3 is 0 Å². The number of fused-ring (bicyclic) bond motifs is 1. The van der Waals surface area contributed by atoms with E-state index in [1.165, 1.54) is 12.4 Å². The van der Waals surface area contributed by atoms with E-state index >= 15 is 0 Å². The average molecular weight is 338 g/mol. The van der Waals surface area contributed by atoms with Crippen LogP contribution in [0.15, 0.2) is 59.9 Å². The quantitative estimate of drug-likeness (QED) is 0.623. The minimum absolute atomic E-state index is 0.178. The van der Waals surface area contributed by atoms with E-state index in [-0.39, 0.29) is 5.56 Å². The van der Waals surface area contributed by atoms with E-state index in [0.29, 0.717) is 23.1 Å². The highest BCUT2D eigenvalue weighted by atomic mass is 35.5. The van der Waals surface area contributed by atoms with Gasteiger partial charge in [-0.25, -0.2) is 15.0 Å². The summed E-state index contributed by atoms with van der Waals surface area (Å²) in [6.45, 7) is 0.444. The zero-order valence-corrected chi connectivity index (χ0v) is 13.2. The lowest BCUT2D eigenvalue weighted by Crippen LogP contribution is -2.10. The maximum Gasteiger partial charge on any atom is 0.250 e. The number of rotatable bonds is 3. The molecule has 3 heterocycles. The molecule has 0 atom stereocenters. The highest BCUT2D eigenvalue weighted by Gasteiger charge is 2.10. The van der Waals surface area contributed by atoms with Gasteiger partial charge in [0.15, 0.2) is 5.82 Å². The van der Waals surface area contributed by atoms with Crippen LogP contribution in [0, 0.1) is 0 Å². The van der Waals surface area contributed by atoms with Crippen LogP contribution in [-0.4, -0.2) is 24.5 Å². The van der Waals surface area contributed by atoms with Crippen molar-refractivity contribution < 1.29 is 0 Å². The molecule has 0 spiro atoms. The largest absolute Gasteiger partial charge is 0.324 e. The molecule has 6 nitrogen and oxygen atoms in total. The number of hydrogen-bond acceptors (Lipinski definition) is 4. The lowest BCUT2D eigenvalue weighted by Gasteiger charge is -2.07. The number of aromatic amines is 1. The average Bonchev–Trinajstić information content (AvgIpc) is 3.02. The van der Waals surface area contributed by atoms with Crippen molar-refractivity contribution >= 4 is 22.5 Å². The summed E-state index contributed by atoms with van der Waals surface area (Å²) >= 11 is 6.01. The molecule has 1 aromatic carbocycles. The number of nitrogens with one attached hydrogen (secondary N) is 1. The minimum Gasteiger partial charge on any atom is -0.324 e. The zero-order valence-electron chi connectivity index (χ0n) is 12.5. The van der Waals surface area contributed by atoms with Crippen LogP contribution >= 0.6 is 11.6 Å². The topological polar surface area (TPSA) is 76.5 Å². The minimum atomic E-state index is -0.178. The highest BCUT2D eigenvalue weighted by molar-refractivity contribution is 6.31. The number of H-pyrrole nitrogens is 1. The van der Waals surface area contributed by atoms with Gasteiger partial charge in [0, 0.05) is 28.9 Å². The summed E-state index contributed by atoms with van der Waals surface area (Å²) < 4.78 is 1.91. The number of halogens is 1. The van der Waals surface area contributed by atoms with Crippen molar-refractivity contribution in [3.8, 4) is 11.5 Å². The highest BCUT2D eigenvalue weighted by Crippen LogP contribution is 2.22. The molecule has 24 heavy (non-hydrogen) atoms. The lowest BCUT2D eigenvalue weighted by atomic mass is 10.2. The van der Waals surface area contributed by atoms with Gasteiger partial charge in [0.05, 0.1) is 24.1 Å². The molecule has 0 fully saturated rings. The maximum absolute atomic E-state index is 11.4. The first kappa shape index (κ1) is 14.6. The molecule has 0 radical (unpaired) electrons. The smallest absolute Gasteiger partial charge is 0.250 e. The third kappa shape index (κ3) is 2.79. The summed E-state index contributed by atoms with van der Waals surface area (Å²) in [5.41, 5.74) is 2.08. The third-order valence-corrected chi connectivity index (χ3v) is 3.90. The summed E-state index contributed by atoms with van der Waals surface area (Å²) in [5.74, 6) is 0.717. The summed E-state index contributed by atoms with van der Waals surface area (Å²) in [6, 6.07) is 10.9. The van der Waals surface area contributed by atoms with Gasteiger partial charge in [-0.05, 0) is 24.3 Å². The molecule has 0 saturated heterocycles. The van der Waals surface area contributed by atoms with Crippen molar-refractivity contribution in [1.29, 1.82) is 0 Å². The first-order valence-electron chi connectivity index (χ1n) is 7.30. The molecule has 0 saturated carbocycles. The van der Waals surface area contributed by atoms with Crippen LogP contribution in [0.25, 0.3) is 22.4 Å². The predicted octanol–water partition coefficient (Wildman–Crippen LogP) is 2.88. The molecule has 0 unspecified atom stereocenters. The van der Waals surface area contributed by atoms with Crippen molar-refractivity contribution in [1.82, 2.24) is 24.5 Å². The second-order valence-corrected chi connectivity index (χ2v) is 5.75. The van der Waals surface area contributed by atoms with E-state index in [9.17, 15) is 4.79 Å². The third-order valence-electron chi connectivity index (χ3n) is 3.66. The van der Waals surface area contributed by atoms with Gasteiger partial charge in [-0.15, -0.1) is 0 Å². The van der Waals surface area contributed by atoms with E-state index in [0.717, 1.165) is 16.6 Å². The predicted molar refractivity (Wildman–Crippen MR) is 91.9 cm³/mol. The fourth-order valence-corrected chi connectivity index (χ4v) is 2.74. The van der Waals surface area contributed by atoms with Gasteiger partial charge in [0.25, 0.3) is 5.56 Å². The second kappa shape index (κ2) is 5.90. The first-order valence-corrected chi connectivity index (χ1v) is 7.68. The van der Waals surface area contributed by atoms with Crippen LogP contribution in [0.1, 0.15) is 5.69 Å². The molecule has 1 N–H and O–H groups in total. The van der Waals surface area contributed by atoms with Crippen molar-refractivity contribution in [2.45, 2.75) is 6.54 Å². The normalized spacial score (nSPS) is 11.0. The number of imidazole rings is 1. The molecule has 118 valence electrons. The number of hydrogen-bond donors (Lipinski definition) is 1.